The van der Waals surface area contributed by atoms with E-state index in [0.29, 0.717) is 29.5 Å². The zero-order valence-corrected chi connectivity index (χ0v) is 27.9. The summed E-state index contributed by atoms with van der Waals surface area (Å²) in [6.07, 6.45) is 4.00. The second-order valence-electron chi connectivity index (χ2n) is 12.7. The van der Waals surface area contributed by atoms with Crippen LogP contribution in [0, 0.1) is 0 Å². The van der Waals surface area contributed by atoms with Gasteiger partial charge in [0.2, 0.25) is 11.8 Å². The van der Waals surface area contributed by atoms with E-state index in [1.165, 1.54) is 11.2 Å². The van der Waals surface area contributed by atoms with Gasteiger partial charge in [-0.2, -0.15) is 0 Å². The molecule has 6 rings (SSSR count). The Hall–Kier alpha value is -4.81. The number of hydrogen-bond acceptors (Lipinski definition) is 9. The third kappa shape index (κ3) is 7.97. The summed E-state index contributed by atoms with van der Waals surface area (Å²) in [7, 11) is 1.58. The maximum atomic E-state index is 14.2. The average molecular weight is 683 g/mol. The van der Waals surface area contributed by atoms with Crippen LogP contribution in [-0.4, -0.2) is 96.5 Å². The minimum atomic E-state index is -0.968. The van der Waals surface area contributed by atoms with Gasteiger partial charge in [-0.1, -0.05) is 66.7 Å². The summed E-state index contributed by atoms with van der Waals surface area (Å²) >= 11 is 0. The van der Waals surface area contributed by atoms with Gasteiger partial charge in [-0.3, -0.25) is 9.59 Å². The van der Waals surface area contributed by atoms with Crippen LogP contribution in [0.5, 0.6) is 0 Å². The van der Waals surface area contributed by atoms with E-state index in [-0.39, 0.29) is 39.2 Å². The Bertz CT molecular complexity index is 1720. The lowest BCUT2D eigenvalue weighted by atomic mass is 9.90. The molecule has 262 valence electrons. The van der Waals surface area contributed by atoms with Crippen LogP contribution in [-0.2, 0) is 47.8 Å². The number of aliphatic hydroxyl groups is 2. The number of carbonyl (C=O) groups is 3. The summed E-state index contributed by atoms with van der Waals surface area (Å²) in [5.41, 5.74) is 4.44. The molecule has 3 N–H and O–H groups in total. The van der Waals surface area contributed by atoms with Gasteiger partial charge in [-0.15, -0.1) is 0 Å². The summed E-state index contributed by atoms with van der Waals surface area (Å²) in [5, 5.41) is 21.0. The second-order valence-corrected chi connectivity index (χ2v) is 12.7. The van der Waals surface area contributed by atoms with Gasteiger partial charge in [0.15, 0.2) is 5.79 Å². The van der Waals surface area contributed by atoms with E-state index in [4.69, 9.17) is 24.1 Å². The van der Waals surface area contributed by atoms with Gasteiger partial charge in [-0.05, 0) is 46.5 Å². The highest BCUT2D eigenvalue weighted by Crippen LogP contribution is 2.45. The molecule has 3 aromatic carbocycles. The van der Waals surface area contributed by atoms with Crippen molar-refractivity contribution in [3.05, 3.63) is 125 Å². The molecule has 0 bridgehead atoms. The van der Waals surface area contributed by atoms with Gasteiger partial charge in [0.1, 0.15) is 31.0 Å². The van der Waals surface area contributed by atoms with Crippen molar-refractivity contribution in [2.45, 2.75) is 55.8 Å². The normalized spacial score (nSPS) is 20.9. The molecule has 1 spiro atoms. The maximum Gasteiger partial charge on any atom is 0.338 e. The molecule has 1 aliphatic heterocycles. The molecule has 0 aromatic heterocycles. The number of rotatable bonds is 13. The monoisotopic (exact) mass is 682 g/mol. The van der Waals surface area contributed by atoms with Gasteiger partial charge in [-0.25, -0.2) is 4.79 Å². The van der Waals surface area contributed by atoms with Crippen molar-refractivity contribution in [1.82, 2.24) is 10.2 Å². The third-order valence-electron chi connectivity index (χ3n) is 9.21. The smallest absolute Gasteiger partial charge is 0.338 e. The lowest BCUT2D eigenvalue weighted by molar-refractivity contribution is -0.172. The van der Waals surface area contributed by atoms with E-state index in [2.05, 4.69) is 5.32 Å². The van der Waals surface area contributed by atoms with Crippen molar-refractivity contribution in [1.29, 1.82) is 0 Å². The molecule has 1 fully saturated rings. The van der Waals surface area contributed by atoms with Crippen molar-refractivity contribution in [3.8, 4) is 0 Å². The SMILES string of the molecule is CN(C(=O)C1=C[C@H]2OC3(Cc4ccccc4C3)O[C@H]2[C@H](OC(=O)c2cccc(C=COCCO)c2)C1)[C@H](Cc1ccccc1)C(=O)NCCO. The minimum absolute atomic E-state index is 0.0490. The number of hydrogen-bond donors (Lipinski definition) is 3. The number of fused-ring (bicyclic) bond motifs is 2. The van der Waals surface area contributed by atoms with Crippen LogP contribution in [0.2, 0.25) is 0 Å². The lowest BCUT2D eigenvalue weighted by Gasteiger charge is -2.33. The van der Waals surface area contributed by atoms with E-state index in [1.807, 2.05) is 54.6 Å². The first-order chi connectivity index (χ1) is 24.3. The zero-order chi connectivity index (χ0) is 35.1. The Balaban J connectivity index is 1.26. The number of esters is 1. The fraction of sp³-hybridized carbons (Fsp3) is 0.359. The Morgan fingerprint density at radius 1 is 0.980 bits per heavy atom. The number of carbonyl (C=O) groups excluding carboxylic acids is 3. The van der Waals surface area contributed by atoms with Crippen molar-refractivity contribution >= 4 is 23.9 Å². The van der Waals surface area contributed by atoms with Gasteiger partial charge in [0, 0.05) is 44.8 Å². The Morgan fingerprint density at radius 3 is 2.44 bits per heavy atom. The number of nitrogens with zero attached hydrogens (tertiary/aromatic N) is 1. The van der Waals surface area contributed by atoms with Crippen molar-refractivity contribution in [2.75, 3.05) is 33.4 Å². The first-order valence-electron chi connectivity index (χ1n) is 16.8. The topological polar surface area (TPSA) is 144 Å². The average Bonchev–Trinajstić information content (AvgIpc) is 3.69. The summed E-state index contributed by atoms with van der Waals surface area (Å²) in [6.45, 7) is -0.138. The van der Waals surface area contributed by atoms with E-state index < -0.39 is 47.9 Å². The number of amides is 2. The molecule has 11 heteroatoms. The molecule has 11 nitrogen and oxygen atoms in total. The summed E-state index contributed by atoms with van der Waals surface area (Å²) in [4.78, 5) is 42.6. The fourth-order valence-corrected chi connectivity index (χ4v) is 6.78. The maximum absolute atomic E-state index is 14.2. The molecule has 0 saturated carbocycles. The number of ether oxygens (including phenoxy) is 4. The number of likely N-dealkylation sites (N-methyl/N-ethyl adjacent to an activating group) is 1. The molecule has 2 amide bonds. The van der Waals surface area contributed by atoms with Crippen LogP contribution in [0.1, 0.15) is 39.0 Å². The highest BCUT2D eigenvalue weighted by Gasteiger charge is 2.55. The quantitative estimate of drug-likeness (QED) is 0.141. The van der Waals surface area contributed by atoms with E-state index in [1.54, 1.807) is 43.5 Å². The van der Waals surface area contributed by atoms with E-state index in [9.17, 15) is 19.5 Å². The Kier molecular flexibility index (Phi) is 11.1. The van der Waals surface area contributed by atoms with Crippen LogP contribution < -0.4 is 5.32 Å². The van der Waals surface area contributed by atoms with Crippen LogP contribution >= 0.6 is 0 Å². The van der Waals surface area contributed by atoms with E-state index >= 15 is 0 Å². The molecular formula is C39H42N2O9. The van der Waals surface area contributed by atoms with Gasteiger partial charge >= 0.3 is 5.97 Å². The minimum Gasteiger partial charge on any atom is -0.499 e. The number of nitrogens with one attached hydrogen (secondary N) is 1. The summed E-state index contributed by atoms with van der Waals surface area (Å²) in [5.74, 6) is -2.36. The van der Waals surface area contributed by atoms with Gasteiger partial charge in [0.05, 0.1) is 25.0 Å². The highest BCUT2D eigenvalue weighted by molar-refractivity contribution is 5.97. The molecule has 1 saturated heterocycles. The molecule has 0 unspecified atom stereocenters. The lowest BCUT2D eigenvalue weighted by Crippen LogP contribution is -2.51. The number of aliphatic hydroxyl groups excluding tert-OH is 2. The first-order valence-corrected chi connectivity index (χ1v) is 16.8. The summed E-state index contributed by atoms with van der Waals surface area (Å²) in [6, 6.07) is 23.4. The van der Waals surface area contributed by atoms with E-state index in [0.717, 1.165) is 16.7 Å². The van der Waals surface area contributed by atoms with Crippen molar-refractivity contribution < 1.29 is 43.5 Å². The molecule has 2 aliphatic carbocycles. The van der Waals surface area contributed by atoms with Crippen LogP contribution in [0.15, 0.2) is 96.8 Å². The van der Waals surface area contributed by atoms with Gasteiger partial charge < -0.3 is 39.4 Å². The van der Waals surface area contributed by atoms with Crippen molar-refractivity contribution in [2.24, 2.45) is 0 Å². The fourth-order valence-electron chi connectivity index (χ4n) is 6.78. The molecule has 0 radical (unpaired) electrons. The number of benzene rings is 3. The van der Waals surface area contributed by atoms with Crippen LogP contribution in [0.25, 0.3) is 6.08 Å². The molecule has 4 atom stereocenters. The standard InChI is InChI=1S/C39H42N2O9/c1-41(32(36(44)40-15-16-42)21-26-8-3-2-4-9-26)37(45)31-22-33(48-38(46)28-13-7-10-27(20-28)14-18-47-19-17-43)35-34(23-31)49-39(50-35)24-29-11-5-6-12-30(29)25-39/h2-14,18,20,23,32-35,42-43H,15-17,19,21-22,24-25H2,1H3,(H,40,44)/t32-,33-,34-,35+/m1/s1. The van der Waals surface area contributed by atoms with Crippen molar-refractivity contribution in [3.63, 3.8) is 0 Å². The zero-order valence-electron chi connectivity index (χ0n) is 27.9. The summed E-state index contributed by atoms with van der Waals surface area (Å²) < 4.78 is 24.6. The predicted octanol–water partition coefficient (Wildman–Crippen LogP) is 2.98. The molecular weight excluding hydrogens is 640 g/mol. The molecule has 50 heavy (non-hydrogen) atoms. The largest absolute Gasteiger partial charge is 0.499 e. The third-order valence-corrected chi connectivity index (χ3v) is 9.21. The molecule has 3 aliphatic rings. The van der Waals surface area contributed by atoms with Crippen LogP contribution in [0.4, 0.5) is 0 Å². The molecule has 3 aromatic rings. The van der Waals surface area contributed by atoms with Gasteiger partial charge in [0.25, 0.3) is 0 Å². The molecule has 1 heterocycles. The highest BCUT2D eigenvalue weighted by atomic mass is 16.8. The Morgan fingerprint density at radius 2 is 1.72 bits per heavy atom. The Labute approximate surface area is 291 Å². The predicted molar refractivity (Wildman–Crippen MR) is 184 cm³/mol. The first kappa shape index (κ1) is 35.0. The second kappa shape index (κ2) is 15.8. The van der Waals surface area contributed by atoms with Crippen LogP contribution in [0.3, 0.4) is 0 Å².